The minimum absolute atomic E-state index is 0.0982. The number of rotatable bonds is 7. The standard InChI is InChI=1S/C26H27F3N2O3/c27-26(28,29)22-8-6-21(7-9-22)24(20-4-2-19(18-30)3-5-20)33-17-1-14-31-15-12-25(13-16-31)11-10-23(32)34-25/h2-9,24H,1,10-17H2. The molecule has 2 aliphatic rings. The van der Waals surface area contributed by atoms with Crippen LogP contribution in [-0.2, 0) is 20.4 Å². The molecule has 0 aromatic heterocycles. The Balaban J connectivity index is 1.35. The SMILES string of the molecule is N#Cc1ccc(C(OCCCN2CCC3(CCC(=O)O3)CC2)c2ccc(C(F)(F)F)cc2)cc1. The fraction of sp³-hybridized carbons (Fsp3) is 0.462. The van der Waals surface area contributed by atoms with Gasteiger partial charge < -0.3 is 14.4 Å². The topological polar surface area (TPSA) is 62.6 Å². The lowest BCUT2D eigenvalue weighted by Gasteiger charge is -2.38. The smallest absolute Gasteiger partial charge is 0.416 e. The number of hydrogen-bond acceptors (Lipinski definition) is 5. The largest absolute Gasteiger partial charge is 0.459 e. The van der Waals surface area contributed by atoms with Gasteiger partial charge in [-0.2, -0.15) is 18.4 Å². The second-order valence-corrected chi connectivity index (χ2v) is 8.96. The normalized spacial score (nSPS) is 19.1. The van der Waals surface area contributed by atoms with E-state index in [0.717, 1.165) is 63.0 Å². The summed E-state index contributed by atoms with van der Waals surface area (Å²) in [5.74, 6) is -0.0982. The number of hydrogen-bond donors (Lipinski definition) is 0. The number of ether oxygens (including phenoxy) is 2. The number of piperidine rings is 1. The molecule has 2 heterocycles. The van der Waals surface area contributed by atoms with Crippen molar-refractivity contribution in [1.82, 2.24) is 4.90 Å². The van der Waals surface area contributed by atoms with Gasteiger partial charge in [0.25, 0.3) is 0 Å². The average molecular weight is 473 g/mol. The lowest BCUT2D eigenvalue weighted by Crippen LogP contribution is -2.44. The summed E-state index contributed by atoms with van der Waals surface area (Å²) in [5, 5.41) is 9.05. The second kappa shape index (κ2) is 10.2. The van der Waals surface area contributed by atoms with Gasteiger partial charge in [-0.25, -0.2) is 0 Å². The number of carbonyl (C=O) groups excluding carboxylic acids is 1. The number of nitrogens with zero attached hydrogens (tertiary/aromatic N) is 2. The molecule has 0 aliphatic carbocycles. The number of esters is 1. The average Bonchev–Trinajstić information content (AvgIpc) is 3.20. The highest BCUT2D eigenvalue weighted by Crippen LogP contribution is 2.36. The van der Waals surface area contributed by atoms with Crippen LogP contribution in [0.15, 0.2) is 48.5 Å². The Hall–Kier alpha value is -2.89. The van der Waals surface area contributed by atoms with E-state index in [4.69, 9.17) is 14.7 Å². The number of likely N-dealkylation sites (tertiary alicyclic amines) is 1. The van der Waals surface area contributed by atoms with Crippen LogP contribution in [0.25, 0.3) is 0 Å². The number of alkyl halides is 3. The molecule has 0 radical (unpaired) electrons. The van der Waals surface area contributed by atoms with E-state index in [1.807, 2.05) is 0 Å². The summed E-state index contributed by atoms with van der Waals surface area (Å²) >= 11 is 0. The molecule has 1 spiro atoms. The van der Waals surface area contributed by atoms with Gasteiger partial charge in [-0.15, -0.1) is 0 Å². The summed E-state index contributed by atoms with van der Waals surface area (Å²) in [7, 11) is 0. The van der Waals surface area contributed by atoms with Crippen LogP contribution in [-0.4, -0.2) is 42.7 Å². The molecule has 0 saturated carbocycles. The van der Waals surface area contributed by atoms with Gasteiger partial charge in [-0.05, 0) is 61.1 Å². The number of carbonyl (C=O) groups is 1. The summed E-state index contributed by atoms with van der Waals surface area (Å²) in [6.07, 6.45) is -1.15. The minimum atomic E-state index is -4.40. The molecule has 2 saturated heterocycles. The molecule has 8 heteroatoms. The Morgan fingerprint density at radius 3 is 2.18 bits per heavy atom. The van der Waals surface area contributed by atoms with Crippen LogP contribution >= 0.6 is 0 Å². The van der Waals surface area contributed by atoms with Crippen LogP contribution in [0, 0.1) is 11.3 Å². The molecule has 2 aliphatic heterocycles. The van der Waals surface area contributed by atoms with E-state index in [1.54, 1.807) is 24.3 Å². The molecular formula is C26H27F3N2O3. The van der Waals surface area contributed by atoms with E-state index in [0.29, 0.717) is 24.2 Å². The highest BCUT2D eigenvalue weighted by Gasteiger charge is 2.42. The van der Waals surface area contributed by atoms with Crippen molar-refractivity contribution in [2.45, 2.75) is 50.0 Å². The van der Waals surface area contributed by atoms with Crippen molar-refractivity contribution in [3.8, 4) is 6.07 Å². The first-order valence-electron chi connectivity index (χ1n) is 11.5. The van der Waals surface area contributed by atoms with Crippen LogP contribution in [0.1, 0.15) is 60.5 Å². The Morgan fingerprint density at radius 1 is 1.03 bits per heavy atom. The van der Waals surface area contributed by atoms with Crippen molar-refractivity contribution in [3.63, 3.8) is 0 Å². The van der Waals surface area contributed by atoms with Crippen LogP contribution in [0.3, 0.4) is 0 Å². The van der Waals surface area contributed by atoms with E-state index in [1.165, 1.54) is 12.1 Å². The molecule has 4 rings (SSSR count). The zero-order valence-corrected chi connectivity index (χ0v) is 18.8. The Kier molecular flexibility index (Phi) is 7.24. The van der Waals surface area contributed by atoms with Crippen LogP contribution in [0.2, 0.25) is 0 Å². The summed E-state index contributed by atoms with van der Waals surface area (Å²) in [6.45, 7) is 3.00. The molecule has 34 heavy (non-hydrogen) atoms. The predicted octanol–water partition coefficient (Wildman–Crippen LogP) is 5.24. The maximum Gasteiger partial charge on any atom is 0.416 e. The Morgan fingerprint density at radius 2 is 1.65 bits per heavy atom. The van der Waals surface area contributed by atoms with Crippen molar-refractivity contribution in [3.05, 3.63) is 70.8 Å². The number of halogens is 3. The van der Waals surface area contributed by atoms with Crippen molar-refractivity contribution in [1.29, 1.82) is 5.26 Å². The van der Waals surface area contributed by atoms with E-state index in [2.05, 4.69) is 11.0 Å². The first-order valence-corrected chi connectivity index (χ1v) is 11.5. The van der Waals surface area contributed by atoms with Crippen molar-refractivity contribution < 1.29 is 27.4 Å². The third-order valence-corrected chi connectivity index (χ3v) is 6.67. The highest BCUT2D eigenvalue weighted by molar-refractivity contribution is 5.72. The Labute approximate surface area is 197 Å². The first kappa shape index (κ1) is 24.2. The van der Waals surface area contributed by atoms with E-state index in [9.17, 15) is 18.0 Å². The van der Waals surface area contributed by atoms with E-state index in [-0.39, 0.29) is 11.6 Å². The summed E-state index contributed by atoms with van der Waals surface area (Å²) in [5.41, 5.74) is 0.937. The molecule has 1 atom stereocenters. The molecule has 0 N–H and O–H groups in total. The maximum absolute atomic E-state index is 13.0. The fourth-order valence-electron chi connectivity index (χ4n) is 4.66. The minimum Gasteiger partial charge on any atom is -0.459 e. The first-order chi connectivity index (χ1) is 16.3. The number of benzene rings is 2. The highest BCUT2D eigenvalue weighted by atomic mass is 19.4. The van der Waals surface area contributed by atoms with E-state index < -0.39 is 17.8 Å². The van der Waals surface area contributed by atoms with Crippen LogP contribution in [0.5, 0.6) is 0 Å². The van der Waals surface area contributed by atoms with E-state index >= 15 is 0 Å². The van der Waals surface area contributed by atoms with Crippen molar-refractivity contribution >= 4 is 5.97 Å². The molecule has 2 aromatic rings. The van der Waals surface area contributed by atoms with Gasteiger partial charge in [0.15, 0.2) is 0 Å². The predicted molar refractivity (Wildman–Crippen MR) is 119 cm³/mol. The molecule has 180 valence electrons. The van der Waals surface area contributed by atoms with Gasteiger partial charge in [-0.1, -0.05) is 24.3 Å². The molecular weight excluding hydrogens is 445 g/mol. The monoisotopic (exact) mass is 472 g/mol. The zero-order chi connectivity index (χ0) is 24.2. The van der Waals surface area contributed by atoms with Gasteiger partial charge in [0.05, 0.1) is 17.2 Å². The van der Waals surface area contributed by atoms with Gasteiger partial charge in [0.2, 0.25) is 0 Å². The van der Waals surface area contributed by atoms with Crippen LogP contribution < -0.4 is 0 Å². The number of nitriles is 1. The summed E-state index contributed by atoms with van der Waals surface area (Å²) in [4.78, 5) is 13.8. The molecule has 2 fully saturated rings. The van der Waals surface area contributed by atoms with Crippen molar-refractivity contribution in [2.75, 3.05) is 26.2 Å². The lowest BCUT2D eigenvalue weighted by molar-refractivity contribution is -0.152. The van der Waals surface area contributed by atoms with Gasteiger partial charge in [-0.3, -0.25) is 4.79 Å². The third kappa shape index (κ3) is 5.78. The lowest BCUT2D eigenvalue weighted by atomic mass is 9.88. The maximum atomic E-state index is 13.0. The molecule has 2 aromatic carbocycles. The molecule has 5 nitrogen and oxygen atoms in total. The van der Waals surface area contributed by atoms with Crippen LogP contribution in [0.4, 0.5) is 13.2 Å². The zero-order valence-electron chi connectivity index (χ0n) is 18.8. The molecule has 0 amide bonds. The second-order valence-electron chi connectivity index (χ2n) is 8.96. The van der Waals surface area contributed by atoms with Gasteiger partial charge >= 0.3 is 12.1 Å². The van der Waals surface area contributed by atoms with Crippen molar-refractivity contribution in [2.24, 2.45) is 0 Å². The van der Waals surface area contributed by atoms with Gasteiger partial charge in [0, 0.05) is 32.7 Å². The molecule has 0 bridgehead atoms. The van der Waals surface area contributed by atoms with Gasteiger partial charge in [0.1, 0.15) is 11.7 Å². The molecule has 1 unspecified atom stereocenters. The summed E-state index contributed by atoms with van der Waals surface area (Å²) in [6, 6.07) is 14.0. The quantitative estimate of drug-likeness (QED) is 0.407. The fourth-order valence-corrected chi connectivity index (χ4v) is 4.66. The Bertz CT molecular complexity index is 1020. The summed E-state index contributed by atoms with van der Waals surface area (Å²) < 4.78 is 50.6. The third-order valence-electron chi connectivity index (χ3n) is 6.67.